The van der Waals surface area contributed by atoms with Crippen molar-refractivity contribution in [2.75, 3.05) is 6.54 Å². The van der Waals surface area contributed by atoms with E-state index in [9.17, 15) is 18.0 Å². The summed E-state index contributed by atoms with van der Waals surface area (Å²) in [7, 11) is 0. The molecule has 1 saturated carbocycles. The van der Waals surface area contributed by atoms with Gasteiger partial charge in [-0.3, -0.25) is 4.79 Å². The zero-order valence-electron chi connectivity index (χ0n) is 7.99. The van der Waals surface area contributed by atoms with E-state index >= 15 is 0 Å². The Hall–Kier alpha value is -1.31. The third-order valence-electron chi connectivity index (χ3n) is 2.51. The van der Waals surface area contributed by atoms with Crippen LogP contribution in [0.4, 0.5) is 13.2 Å². The van der Waals surface area contributed by atoms with E-state index in [2.05, 4.69) is 5.32 Å². The number of carboxylic acid groups (broad SMARTS) is 2. The lowest BCUT2D eigenvalue weighted by Gasteiger charge is -2.04. The maximum Gasteiger partial charge on any atom is 0.490 e. The number of aliphatic carboxylic acids is 2. The van der Waals surface area contributed by atoms with Crippen LogP contribution in [0.5, 0.6) is 0 Å². The average molecular weight is 241 g/mol. The highest BCUT2D eigenvalue weighted by Crippen LogP contribution is 2.44. The van der Waals surface area contributed by atoms with Gasteiger partial charge in [-0.1, -0.05) is 0 Å². The molecule has 0 amide bonds. The molecule has 0 unspecified atom stereocenters. The Morgan fingerprint density at radius 2 is 1.75 bits per heavy atom. The molecule has 0 spiro atoms. The van der Waals surface area contributed by atoms with Crippen molar-refractivity contribution in [2.45, 2.75) is 18.6 Å². The van der Waals surface area contributed by atoms with Gasteiger partial charge in [0.1, 0.15) is 6.04 Å². The van der Waals surface area contributed by atoms with Gasteiger partial charge >= 0.3 is 18.1 Å². The molecule has 0 bridgehead atoms. The molecule has 0 aromatic carbocycles. The van der Waals surface area contributed by atoms with Crippen LogP contribution in [0.15, 0.2) is 0 Å². The predicted molar refractivity (Wildman–Crippen MR) is 44.7 cm³/mol. The summed E-state index contributed by atoms with van der Waals surface area (Å²) in [6.45, 7) is 0.918. The van der Waals surface area contributed by atoms with Gasteiger partial charge < -0.3 is 15.5 Å². The number of nitrogens with one attached hydrogen (secondary N) is 1. The number of halogens is 3. The summed E-state index contributed by atoms with van der Waals surface area (Å²) in [6, 6.07) is -0.227. The highest BCUT2D eigenvalue weighted by molar-refractivity contribution is 5.75. The monoisotopic (exact) mass is 241 g/mol. The first-order valence-electron chi connectivity index (χ1n) is 4.49. The van der Waals surface area contributed by atoms with Crippen LogP contribution in [0.2, 0.25) is 0 Å². The van der Waals surface area contributed by atoms with Gasteiger partial charge in [-0.2, -0.15) is 13.2 Å². The maximum atomic E-state index is 10.6. The predicted octanol–water partition coefficient (Wildman–Crippen LogP) is 0.312. The number of hydrogen-bond acceptors (Lipinski definition) is 3. The molecule has 16 heavy (non-hydrogen) atoms. The Labute approximate surface area is 88.2 Å². The summed E-state index contributed by atoms with van der Waals surface area (Å²) in [5.41, 5.74) is 0. The van der Waals surface area contributed by atoms with E-state index < -0.39 is 18.1 Å². The van der Waals surface area contributed by atoms with E-state index in [4.69, 9.17) is 15.0 Å². The molecular formula is C8H10F3NO4. The number of carboxylic acids is 2. The number of carbonyl (C=O) groups is 2. The first-order chi connectivity index (χ1) is 7.23. The van der Waals surface area contributed by atoms with Crippen LogP contribution < -0.4 is 5.32 Å². The fraction of sp³-hybridized carbons (Fsp3) is 0.750. The molecule has 8 heteroatoms. The van der Waals surface area contributed by atoms with Crippen molar-refractivity contribution < 1.29 is 33.0 Å². The number of alkyl halides is 3. The van der Waals surface area contributed by atoms with E-state index in [0.717, 1.165) is 13.0 Å². The molecule has 2 aliphatic rings. The molecule has 3 atom stereocenters. The molecule has 5 nitrogen and oxygen atoms in total. The van der Waals surface area contributed by atoms with Crippen LogP contribution in [-0.4, -0.2) is 40.9 Å². The zero-order valence-corrected chi connectivity index (χ0v) is 7.99. The Morgan fingerprint density at radius 3 is 1.88 bits per heavy atom. The van der Waals surface area contributed by atoms with Crippen molar-refractivity contribution in [3.8, 4) is 0 Å². The lowest BCUT2D eigenvalue weighted by atomic mass is 10.2. The zero-order chi connectivity index (χ0) is 12.5. The van der Waals surface area contributed by atoms with Gasteiger partial charge in [0.05, 0.1) is 0 Å². The van der Waals surface area contributed by atoms with Gasteiger partial charge in [0, 0.05) is 0 Å². The average Bonchev–Trinajstić information content (AvgIpc) is 2.76. The van der Waals surface area contributed by atoms with Gasteiger partial charge in [-0.15, -0.1) is 0 Å². The standard InChI is InChI=1S/C6H9NO2.C2HF3O2/c8-6(9)5-4-1-3(4)2-7-5;3-2(4,5)1(6)7/h3-5,7H,1-2H2,(H,8,9);(H,6,7)/t3-,4-,5-;/m0./s1. The second kappa shape index (κ2) is 4.28. The number of fused-ring (bicyclic) bond motifs is 1. The van der Waals surface area contributed by atoms with Crippen molar-refractivity contribution >= 4 is 11.9 Å². The fourth-order valence-corrected chi connectivity index (χ4v) is 1.61. The van der Waals surface area contributed by atoms with Gasteiger partial charge in [0.25, 0.3) is 0 Å². The summed E-state index contributed by atoms with van der Waals surface area (Å²) < 4.78 is 31.7. The molecule has 2 fully saturated rings. The van der Waals surface area contributed by atoms with Crippen molar-refractivity contribution in [1.29, 1.82) is 0 Å². The SMILES string of the molecule is O=C(O)C(F)(F)F.O=C(O)[C@H]1NC[C@@H]2C[C@@H]21. The number of rotatable bonds is 1. The van der Waals surface area contributed by atoms with Crippen LogP contribution in [-0.2, 0) is 9.59 Å². The molecule has 2 rings (SSSR count). The maximum absolute atomic E-state index is 10.6. The lowest BCUT2D eigenvalue weighted by Crippen LogP contribution is -2.34. The molecule has 3 N–H and O–H groups in total. The Kier molecular flexibility index (Phi) is 3.41. The highest BCUT2D eigenvalue weighted by Gasteiger charge is 2.51. The molecular weight excluding hydrogens is 231 g/mol. The minimum Gasteiger partial charge on any atom is -0.480 e. The molecule has 1 saturated heterocycles. The Bertz CT molecular complexity index is 304. The van der Waals surface area contributed by atoms with E-state index in [1.54, 1.807) is 0 Å². The van der Waals surface area contributed by atoms with E-state index in [1.165, 1.54) is 0 Å². The smallest absolute Gasteiger partial charge is 0.480 e. The summed E-state index contributed by atoms with van der Waals surface area (Å²) in [5, 5.41) is 18.6. The van der Waals surface area contributed by atoms with E-state index in [0.29, 0.717) is 11.8 Å². The van der Waals surface area contributed by atoms with Crippen LogP contribution in [0.3, 0.4) is 0 Å². The molecule has 0 radical (unpaired) electrons. The third kappa shape index (κ3) is 3.09. The quantitative estimate of drug-likeness (QED) is 0.615. The molecule has 0 aromatic heterocycles. The van der Waals surface area contributed by atoms with Crippen molar-refractivity contribution in [3.63, 3.8) is 0 Å². The number of hydrogen-bond donors (Lipinski definition) is 3. The summed E-state index contributed by atoms with van der Waals surface area (Å²) in [6.07, 6.45) is -3.95. The van der Waals surface area contributed by atoms with Crippen LogP contribution in [0, 0.1) is 11.8 Å². The Morgan fingerprint density at radius 1 is 1.25 bits per heavy atom. The van der Waals surface area contributed by atoms with Crippen LogP contribution >= 0.6 is 0 Å². The van der Waals surface area contributed by atoms with Crippen molar-refractivity contribution in [3.05, 3.63) is 0 Å². The lowest BCUT2D eigenvalue weighted by molar-refractivity contribution is -0.192. The Balaban J connectivity index is 0.000000168. The second-order valence-corrected chi connectivity index (χ2v) is 3.69. The van der Waals surface area contributed by atoms with Gasteiger partial charge in [-0.05, 0) is 24.8 Å². The first-order valence-corrected chi connectivity index (χ1v) is 4.49. The third-order valence-corrected chi connectivity index (χ3v) is 2.51. The van der Waals surface area contributed by atoms with Gasteiger partial charge in [0.2, 0.25) is 0 Å². The largest absolute Gasteiger partial charge is 0.490 e. The molecule has 0 aromatic rings. The normalized spacial score (nSPS) is 31.1. The molecule has 1 aliphatic heterocycles. The summed E-state index contributed by atoms with van der Waals surface area (Å²) >= 11 is 0. The fourth-order valence-electron chi connectivity index (χ4n) is 1.61. The van der Waals surface area contributed by atoms with Gasteiger partial charge in [-0.25, -0.2) is 4.79 Å². The van der Waals surface area contributed by atoms with Crippen molar-refractivity contribution in [1.82, 2.24) is 5.32 Å². The summed E-state index contributed by atoms with van der Waals surface area (Å²) in [5.74, 6) is -2.29. The van der Waals surface area contributed by atoms with Crippen molar-refractivity contribution in [2.24, 2.45) is 11.8 Å². The minimum absolute atomic E-state index is 0.227. The first kappa shape index (κ1) is 12.8. The van der Waals surface area contributed by atoms with E-state index in [1.807, 2.05) is 0 Å². The topological polar surface area (TPSA) is 86.6 Å². The molecule has 1 aliphatic carbocycles. The minimum atomic E-state index is -5.08. The highest BCUT2D eigenvalue weighted by atomic mass is 19.4. The second-order valence-electron chi connectivity index (χ2n) is 3.69. The van der Waals surface area contributed by atoms with Crippen LogP contribution in [0.1, 0.15) is 6.42 Å². The van der Waals surface area contributed by atoms with Gasteiger partial charge in [0.15, 0.2) is 0 Å². The van der Waals surface area contributed by atoms with E-state index in [-0.39, 0.29) is 6.04 Å². The molecule has 92 valence electrons. The number of piperidine rings is 1. The molecule has 1 heterocycles. The summed E-state index contributed by atoms with van der Waals surface area (Å²) in [4.78, 5) is 19.3. The van der Waals surface area contributed by atoms with Crippen LogP contribution in [0.25, 0.3) is 0 Å².